The molecule has 0 saturated carbocycles. The Balaban J connectivity index is 1.57. The zero-order valence-electron chi connectivity index (χ0n) is 15.0. The molecule has 28 heavy (non-hydrogen) atoms. The number of hydrogen-bond donors (Lipinski definition) is 2. The van der Waals surface area contributed by atoms with Crippen LogP contribution >= 0.6 is 27.3 Å². The van der Waals surface area contributed by atoms with E-state index in [-0.39, 0.29) is 11.8 Å². The minimum Gasteiger partial charge on any atom is -0.348 e. The molecule has 2 aromatic heterocycles. The maximum Gasteiger partial charge on any atom is 0.257 e. The van der Waals surface area contributed by atoms with E-state index in [2.05, 4.69) is 31.5 Å². The van der Waals surface area contributed by atoms with E-state index in [9.17, 15) is 9.59 Å². The first-order chi connectivity index (χ1) is 13.6. The van der Waals surface area contributed by atoms with Gasteiger partial charge in [-0.3, -0.25) is 14.6 Å². The zero-order chi connectivity index (χ0) is 19.5. The Hall–Kier alpha value is -2.51. The summed E-state index contributed by atoms with van der Waals surface area (Å²) in [7, 11) is 0. The topological polar surface area (TPSA) is 71.1 Å². The summed E-state index contributed by atoms with van der Waals surface area (Å²) in [5.41, 5.74) is 3.14. The molecule has 0 spiro atoms. The van der Waals surface area contributed by atoms with Gasteiger partial charge in [0.1, 0.15) is 5.00 Å². The number of thiophene rings is 1. The Kier molecular flexibility index (Phi) is 5.54. The Morgan fingerprint density at radius 3 is 2.75 bits per heavy atom. The Labute approximate surface area is 175 Å². The first kappa shape index (κ1) is 18.8. The molecule has 2 amide bonds. The second-order valence-electron chi connectivity index (χ2n) is 6.54. The Morgan fingerprint density at radius 2 is 1.96 bits per heavy atom. The molecule has 0 saturated heterocycles. The minimum absolute atomic E-state index is 0.161. The summed E-state index contributed by atoms with van der Waals surface area (Å²) in [5.74, 6) is -0.389. The molecule has 1 aliphatic rings. The van der Waals surface area contributed by atoms with Crippen molar-refractivity contribution < 1.29 is 9.59 Å². The third kappa shape index (κ3) is 3.86. The molecule has 0 atom stereocenters. The van der Waals surface area contributed by atoms with Crippen LogP contribution in [-0.4, -0.2) is 16.8 Å². The van der Waals surface area contributed by atoms with E-state index in [0.29, 0.717) is 22.7 Å². The van der Waals surface area contributed by atoms with Crippen LogP contribution in [0.15, 0.2) is 53.3 Å². The van der Waals surface area contributed by atoms with E-state index < -0.39 is 0 Å². The first-order valence-electron chi connectivity index (χ1n) is 9.01. The SMILES string of the molecule is O=C(Nc1sc2c(c1C(=O)NCc1cccnc1)CCC2)c1ccccc1Br. The van der Waals surface area contributed by atoms with Gasteiger partial charge in [0.05, 0.1) is 11.1 Å². The molecule has 0 radical (unpaired) electrons. The predicted molar refractivity (Wildman–Crippen MR) is 114 cm³/mol. The number of aryl methyl sites for hydroxylation is 1. The summed E-state index contributed by atoms with van der Waals surface area (Å²) in [6.45, 7) is 0.398. The maximum atomic E-state index is 13.0. The molecule has 1 aliphatic carbocycles. The van der Waals surface area contributed by atoms with Gasteiger partial charge in [-0.2, -0.15) is 0 Å². The van der Waals surface area contributed by atoms with E-state index in [0.717, 1.165) is 34.9 Å². The molecule has 3 aromatic rings. The smallest absolute Gasteiger partial charge is 0.257 e. The number of nitrogens with one attached hydrogen (secondary N) is 2. The highest BCUT2D eigenvalue weighted by atomic mass is 79.9. The first-order valence-corrected chi connectivity index (χ1v) is 10.6. The summed E-state index contributed by atoms with van der Waals surface area (Å²) < 4.78 is 0.721. The number of hydrogen-bond acceptors (Lipinski definition) is 4. The van der Waals surface area contributed by atoms with Gasteiger partial charge < -0.3 is 10.6 Å². The fraction of sp³-hybridized carbons (Fsp3) is 0.190. The summed E-state index contributed by atoms with van der Waals surface area (Å²) >= 11 is 4.92. The van der Waals surface area contributed by atoms with Crippen LogP contribution in [0.2, 0.25) is 0 Å². The molecule has 4 rings (SSSR count). The van der Waals surface area contributed by atoms with Gasteiger partial charge in [0.2, 0.25) is 0 Å². The van der Waals surface area contributed by atoms with Crippen molar-refractivity contribution in [1.82, 2.24) is 10.3 Å². The lowest BCUT2D eigenvalue weighted by molar-refractivity contribution is 0.0951. The van der Waals surface area contributed by atoms with Gasteiger partial charge in [-0.25, -0.2) is 0 Å². The highest BCUT2D eigenvalue weighted by molar-refractivity contribution is 9.10. The molecule has 1 aromatic carbocycles. The van der Waals surface area contributed by atoms with Crippen LogP contribution < -0.4 is 10.6 Å². The van der Waals surface area contributed by atoms with E-state index >= 15 is 0 Å². The average Bonchev–Trinajstić information content (AvgIpc) is 3.28. The van der Waals surface area contributed by atoms with Gasteiger partial charge >= 0.3 is 0 Å². The molecule has 0 aliphatic heterocycles. The number of carbonyl (C=O) groups excluding carboxylic acids is 2. The molecular formula is C21H18BrN3O2S. The maximum absolute atomic E-state index is 13.0. The number of carbonyl (C=O) groups is 2. The fourth-order valence-electron chi connectivity index (χ4n) is 3.32. The summed E-state index contributed by atoms with van der Waals surface area (Å²) in [6, 6.07) is 11.0. The van der Waals surface area contributed by atoms with Crippen LogP contribution in [0.4, 0.5) is 5.00 Å². The van der Waals surface area contributed by atoms with Gasteiger partial charge in [0.15, 0.2) is 0 Å². The van der Waals surface area contributed by atoms with Gasteiger partial charge in [-0.15, -0.1) is 11.3 Å². The quantitative estimate of drug-likeness (QED) is 0.591. The molecule has 7 heteroatoms. The van der Waals surface area contributed by atoms with Crippen molar-refractivity contribution in [2.45, 2.75) is 25.8 Å². The van der Waals surface area contributed by atoms with Crippen LogP contribution in [0, 0.1) is 0 Å². The number of aromatic nitrogens is 1. The third-order valence-electron chi connectivity index (χ3n) is 4.67. The number of halogens is 1. The number of pyridine rings is 1. The summed E-state index contributed by atoms with van der Waals surface area (Å²) in [5, 5.41) is 6.54. The number of benzene rings is 1. The molecule has 2 N–H and O–H groups in total. The highest BCUT2D eigenvalue weighted by Gasteiger charge is 2.27. The molecule has 5 nitrogen and oxygen atoms in total. The van der Waals surface area contributed by atoms with Crippen LogP contribution in [0.3, 0.4) is 0 Å². The van der Waals surface area contributed by atoms with Crippen molar-refractivity contribution in [2.24, 2.45) is 0 Å². The van der Waals surface area contributed by atoms with Crippen molar-refractivity contribution in [3.63, 3.8) is 0 Å². The lowest BCUT2D eigenvalue weighted by Crippen LogP contribution is -2.25. The number of rotatable bonds is 5. The van der Waals surface area contributed by atoms with E-state index in [4.69, 9.17) is 0 Å². The van der Waals surface area contributed by atoms with Crippen molar-refractivity contribution in [2.75, 3.05) is 5.32 Å². The minimum atomic E-state index is -0.228. The van der Waals surface area contributed by atoms with Gasteiger partial charge in [-0.05, 0) is 64.5 Å². The monoisotopic (exact) mass is 455 g/mol. The van der Waals surface area contributed by atoms with Crippen LogP contribution in [0.1, 0.15) is 43.1 Å². The standard InChI is InChI=1S/C21H18BrN3O2S/c22-16-8-2-1-6-14(16)19(26)25-21-18(15-7-3-9-17(15)28-21)20(27)24-12-13-5-4-10-23-11-13/h1-2,4-6,8,10-11H,3,7,9,12H2,(H,24,27)(H,25,26). The normalized spacial score (nSPS) is 12.5. The molecular weight excluding hydrogens is 438 g/mol. The lowest BCUT2D eigenvalue weighted by Gasteiger charge is -2.10. The van der Waals surface area contributed by atoms with E-state index in [1.165, 1.54) is 16.2 Å². The summed E-state index contributed by atoms with van der Waals surface area (Å²) in [6.07, 6.45) is 6.29. The van der Waals surface area contributed by atoms with Crippen molar-refractivity contribution in [1.29, 1.82) is 0 Å². The molecule has 0 fully saturated rings. The van der Waals surface area contributed by atoms with Crippen LogP contribution in [0.25, 0.3) is 0 Å². The van der Waals surface area contributed by atoms with Crippen LogP contribution in [-0.2, 0) is 19.4 Å². The van der Waals surface area contributed by atoms with Crippen LogP contribution in [0.5, 0.6) is 0 Å². The fourth-order valence-corrected chi connectivity index (χ4v) is 5.07. The van der Waals surface area contributed by atoms with Crippen molar-refractivity contribution >= 4 is 44.1 Å². The molecule has 2 heterocycles. The summed E-state index contributed by atoms with van der Waals surface area (Å²) in [4.78, 5) is 31.0. The largest absolute Gasteiger partial charge is 0.348 e. The number of nitrogens with zero attached hydrogens (tertiary/aromatic N) is 1. The zero-order valence-corrected chi connectivity index (χ0v) is 17.4. The van der Waals surface area contributed by atoms with Gasteiger partial charge in [0.25, 0.3) is 11.8 Å². The van der Waals surface area contributed by atoms with Crippen molar-refractivity contribution in [3.05, 3.63) is 80.4 Å². The van der Waals surface area contributed by atoms with E-state index in [1.54, 1.807) is 18.5 Å². The second-order valence-corrected chi connectivity index (χ2v) is 8.50. The molecule has 0 unspecified atom stereocenters. The number of amides is 2. The molecule has 0 bridgehead atoms. The van der Waals surface area contributed by atoms with E-state index in [1.807, 2.05) is 30.3 Å². The average molecular weight is 456 g/mol. The number of anilines is 1. The lowest BCUT2D eigenvalue weighted by atomic mass is 10.1. The third-order valence-corrected chi connectivity index (χ3v) is 6.57. The number of fused-ring (bicyclic) bond motifs is 1. The van der Waals surface area contributed by atoms with Gasteiger partial charge in [0, 0.05) is 28.3 Å². The van der Waals surface area contributed by atoms with Crippen molar-refractivity contribution in [3.8, 4) is 0 Å². The second kappa shape index (κ2) is 8.24. The highest BCUT2D eigenvalue weighted by Crippen LogP contribution is 2.39. The molecule has 142 valence electrons. The van der Waals surface area contributed by atoms with Gasteiger partial charge in [-0.1, -0.05) is 18.2 Å². The predicted octanol–water partition coefficient (Wildman–Crippen LogP) is 4.58. The Morgan fingerprint density at radius 1 is 1.11 bits per heavy atom. The Bertz CT molecular complexity index is 1030.